The van der Waals surface area contributed by atoms with E-state index < -0.39 is 6.04 Å². The highest BCUT2D eigenvalue weighted by Crippen LogP contribution is 2.32. The zero-order valence-corrected chi connectivity index (χ0v) is 21.4. The quantitative estimate of drug-likeness (QED) is 0.272. The highest BCUT2D eigenvalue weighted by molar-refractivity contribution is 7.16. The van der Waals surface area contributed by atoms with Crippen molar-refractivity contribution >= 4 is 44.8 Å². The Kier molecular flexibility index (Phi) is 5.63. The Bertz CT molecular complexity index is 1840. The zero-order valence-electron chi connectivity index (χ0n) is 20.6. The van der Waals surface area contributed by atoms with Crippen molar-refractivity contribution in [1.82, 2.24) is 25.1 Å². The van der Waals surface area contributed by atoms with Gasteiger partial charge in [0.25, 0.3) is 17.0 Å². The third kappa shape index (κ3) is 4.13. The van der Waals surface area contributed by atoms with E-state index in [1.54, 1.807) is 30.5 Å². The molecule has 1 aliphatic heterocycles. The van der Waals surface area contributed by atoms with Crippen molar-refractivity contribution in [3.8, 4) is 15.8 Å². The molecule has 0 aliphatic carbocycles. The van der Waals surface area contributed by atoms with Gasteiger partial charge in [0.15, 0.2) is 5.01 Å². The number of fused-ring (bicyclic) bond motifs is 3. The molecule has 8 nitrogen and oxygen atoms in total. The monoisotopic (exact) mass is 531 g/mol. The largest absolute Gasteiger partial charge is 0.467 e. The van der Waals surface area contributed by atoms with E-state index >= 15 is 0 Å². The van der Waals surface area contributed by atoms with Gasteiger partial charge in [0.1, 0.15) is 6.61 Å². The number of pyridine rings is 1. The minimum Gasteiger partial charge on any atom is -0.467 e. The Morgan fingerprint density at radius 3 is 2.54 bits per heavy atom. The van der Waals surface area contributed by atoms with Crippen molar-refractivity contribution in [2.75, 3.05) is 6.61 Å². The van der Waals surface area contributed by atoms with Crippen molar-refractivity contribution in [3.05, 3.63) is 108 Å². The van der Waals surface area contributed by atoms with E-state index in [-0.39, 0.29) is 18.4 Å². The van der Waals surface area contributed by atoms with Gasteiger partial charge in [0, 0.05) is 40.4 Å². The predicted octanol–water partition coefficient (Wildman–Crippen LogP) is 5.52. The molecule has 0 radical (unpaired) electrons. The molecule has 0 spiro atoms. The molecule has 1 unspecified atom stereocenters. The van der Waals surface area contributed by atoms with E-state index in [4.69, 9.17) is 4.74 Å². The lowest BCUT2D eigenvalue weighted by atomic mass is 10.0. The van der Waals surface area contributed by atoms with Crippen LogP contribution in [0.3, 0.4) is 0 Å². The average Bonchev–Trinajstić information content (AvgIpc) is 3.68. The number of rotatable bonds is 7. The number of aromatic amines is 1. The van der Waals surface area contributed by atoms with Crippen LogP contribution in [0.15, 0.2) is 91.4 Å². The summed E-state index contributed by atoms with van der Waals surface area (Å²) in [4.78, 5) is 35.5. The van der Waals surface area contributed by atoms with Gasteiger partial charge in [-0.05, 0) is 47.7 Å². The lowest BCUT2D eigenvalue weighted by molar-refractivity contribution is 0.0531. The van der Waals surface area contributed by atoms with E-state index in [0.717, 1.165) is 37.8 Å². The van der Waals surface area contributed by atoms with Crippen LogP contribution >= 0.6 is 11.3 Å². The number of carbonyl (C=O) groups is 2. The zero-order chi connectivity index (χ0) is 26.3. The number of imide groups is 1. The van der Waals surface area contributed by atoms with Crippen LogP contribution < -0.4 is 4.74 Å². The molecule has 3 aromatic carbocycles. The molecule has 1 aliphatic rings. The van der Waals surface area contributed by atoms with Gasteiger partial charge >= 0.3 is 0 Å². The number of ether oxygens (including phenoxy) is 1. The predicted molar refractivity (Wildman–Crippen MR) is 149 cm³/mol. The molecule has 4 heterocycles. The molecule has 3 aromatic heterocycles. The minimum absolute atomic E-state index is 0.0863. The molecule has 9 heteroatoms. The first-order chi connectivity index (χ1) is 19.2. The van der Waals surface area contributed by atoms with Crippen LogP contribution in [0.5, 0.6) is 5.19 Å². The lowest BCUT2D eigenvalue weighted by Gasteiger charge is -2.25. The third-order valence-electron chi connectivity index (χ3n) is 7.01. The fourth-order valence-electron chi connectivity index (χ4n) is 5.09. The van der Waals surface area contributed by atoms with Crippen molar-refractivity contribution in [2.45, 2.75) is 12.5 Å². The van der Waals surface area contributed by atoms with Gasteiger partial charge in [-0.25, -0.2) is 0 Å². The van der Waals surface area contributed by atoms with Crippen molar-refractivity contribution in [1.29, 1.82) is 0 Å². The topological polar surface area (TPSA) is 101 Å². The fourth-order valence-corrected chi connectivity index (χ4v) is 5.79. The molecule has 39 heavy (non-hydrogen) atoms. The maximum Gasteiger partial charge on any atom is 0.294 e. The first-order valence-corrected chi connectivity index (χ1v) is 13.3. The number of aromatic nitrogens is 4. The van der Waals surface area contributed by atoms with E-state index in [1.807, 2.05) is 60.9 Å². The second kappa shape index (κ2) is 9.45. The molecule has 2 amide bonds. The molecule has 7 rings (SSSR count). The number of hydrogen-bond acceptors (Lipinski definition) is 7. The van der Waals surface area contributed by atoms with Gasteiger partial charge in [-0.2, -0.15) is 0 Å². The minimum atomic E-state index is -0.544. The average molecular weight is 532 g/mol. The third-order valence-corrected chi connectivity index (χ3v) is 7.90. The Balaban J connectivity index is 1.17. The van der Waals surface area contributed by atoms with Crippen molar-refractivity contribution in [3.63, 3.8) is 0 Å². The molecular formula is C30H21N5O3S. The normalized spacial score (nSPS) is 13.8. The SMILES string of the molecule is O=C1c2ccccc2C(=O)N1C(COc1nnc(-c2ccc3cnccc3c2)s1)Cc1c[nH]c2ccccc12. The molecule has 1 N–H and O–H groups in total. The Morgan fingerprint density at radius 1 is 0.897 bits per heavy atom. The number of para-hydroxylation sites is 1. The number of carbonyl (C=O) groups excluding carboxylic acids is 2. The molecule has 0 saturated heterocycles. The molecule has 0 bridgehead atoms. The number of hydrogen-bond donors (Lipinski definition) is 1. The maximum atomic E-state index is 13.4. The van der Waals surface area contributed by atoms with Crippen molar-refractivity contribution in [2.24, 2.45) is 0 Å². The summed E-state index contributed by atoms with van der Waals surface area (Å²) in [6.45, 7) is 0.0863. The summed E-state index contributed by atoms with van der Waals surface area (Å²) in [5.41, 5.74) is 3.75. The van der Waals surface area contributed by atoms with Gasteiger partial charge in [0.05, 0.1) is 17.2 Å². The number of nitrogens with one attached hydrogen (secondary N) is 1. The summed E-state index contributed by atoms with van der Waals surface area (Å²) >= 11 is 1.32. The standard InChI is InChI=1S/C30H21N5O3S/c36-28-24-6-1-2-7-25(24)29(37)35(28)22(14-21-16-32-26-8-4-3-5-23(21)26)17-38-30-34-33-27(39-30)19-9-10-20-15-31-12-11-18(20)13-19/h1-13,15-16,22,32H,14,17H2. The Morgan fingerprint density at radius 2 is 1.69 bits per heavy atom. The van der Waals surface area contributed by atoms with Crippen LogP contribution in [0, 0.1) is 0 Å². The van der Waals surface area contributed by atoms with Crippen LogP contribution in [0.2, 0.25) is 0 Å². The summed E-state index contributed by atoms with van der Waals surface area (Å²) < 4.78 is 6.11. The summed E-state index contributed by atoms with van der Waals surface area (Å²) in [5.74, 6) is -0.625. The van der Waals surface area contributed by atoms with E-state index in [1.165, 1.54) is 16.2 Å². The number of benzene rings is 3. The first kappa shape index (κ1) is 23.2. The lowest BCUT2D eigenvalue weighted by Crippen LogP contribution is -2.44. The van der Waals surface area contributed by atoms with Crippen molar-refractivity contribution < 1.29 is 14.3 Å². The molecular weight excluding hydrogens is 510 g/mol. The van der Waals surface area contributed by atoms with Crippen LogP contribution in [0.25, 0.3) is 32.2 Å². The summed E-state index contributed by atoms with van der Waals surface area (Å²) in [7, 11) is 0. The van der Waals surface area contributed by atoms with E-state index in [9.17, 15) is 9.59 Å². The number of H-pyrrole nitrogens is 1. The van der Waals surface area contributed by atoms with Crippen LogP contribution in [-0.2, 0) is 6.42 Å². The van der Waals surface area contributed by atoms with E-state index in [0.29, 0.717) is 22.7 Å². The van der Waals surface area contributed by atoms with Crippen LogP contribution in [0.4, 0.5) is 0 Å². The van der Waals surface area contributed by atoms with Gasteiger partial charge in [0.2, 0.25) is 0 Å². The second-order valence-electron chi connectivity index (χ2n) is 9.37. The van der Waals surface area contributed by atoms with Gasteiger partial charge in [-0.15, -0.1) is 5.10 Å². The fraction of sp³-hybridized carbons (Fsp3) is 0.100. The van der Waals surface area contributed by atoms with Crippen LogP contribution in [-0.4, -0.2) is 49.5 Å². The van der Waals surface area contributed by atoms with Gasteiger partial charge in [-0.1, -0.05) is 58.9 Å². The summed E-state index contributed by atoms with van der Waals surface area (Å²) in [6.07, 6.45) is 5.93. The molecule has 0 fully saturated rings. The van der Waals surface area contributed by atoms with Gasteiger partial charge < -0.3 is 9.72 Å². The number of nitrogens with zero attached hydrogens (tertiary/aromatic N) is 4. The van der Waals surface area contributed by atoms with Gasteiger partial charge in [-0.3, -0.25) is 19.5 Å². The second-order valence-corrected chi connectivity index (χ2v) is 10.3. The molecule has 190 valence electrons. The highest BCUT2D eigenvalue weighted by Gasteiger charge is 2.40. The first-order valence-electron chi connectivity index (χ1n) is 12.5. The Labute approximate surface area is 226 Å². The van der Waals surface area contributed by atoms with Crippen LogP contribution in [0.1, 0.15) is 26.3 Å². The Hall–Kier alpha value is -4.89. The maximum absolute atomic E-state index is 13.4. The number of amides is 2. The molecule has 1 atom stereocenters. The summed E-state index contributed by atoms with van der Waals surface area (Å²) in [5, 5.41) is 12.8. The molecule has 6 aromatic rings. The molecule has 0 saturated carbocycles. The highest BCUT2D eigenvalue weighted by atomic mass is 32.1. The summed E-state index contributed by atoms with van der Waals surface area (Å²) in [6, 6.07) is 22.3. The van der Waals surface area contributed by atoms with E-state index in [2.05, 4.69) is 20.2 Å². The smallest absolute Gasteiger partial charge is 0.294 e.